The van der Waals surface area contributed by atoms with Gasteiger partial charge in [0.05, 0.1) is 11.4 Å². The number of benzene rings is 1. The van der Waals surface area contributed by atoms with Crippen LogP contribution in [0.2, 0.25) is 0 Å². The highest BCUT2D eigenvalue weighted by Crippen LogP contribution is 2.32. The van der Waals surface area contributed by atoms with Gasteiger partial charge in [0, 0.05) is 10.9 Å². The van der Waals surface area contributed by atoms with E-state index in [2.05, 4.69) is 15.9 Å². The maximum absolute atomic E-state index is 12.4. The van der Waals surface area contributed by atoms with Crippen LogP contribution in [0.5, 0.6) is 0 Å². The average molecular weight is 281 g/mol. The van der Waals surface area contributed by atoms with Gasteiger partial charge in [-0.1, -0.05) is 15.9 Å². The minimum absolute atomic E-state index is 0.0164. The molecule has 0 saturated heterocycles. The van der Waals surface area contributed by atoms with Crippen molar-refractivity contribution in [1.29, 1.82) is 5.41 Å². The molecule has 0 bridgehead atoms. The molecule has 1 rings (SSSR count). The number of hydrogen-bond acceptors (Lipinski definition) is 1. The summed E-state index contributed by atoms with van der Waals surface area (Å²) in [4.78, 5) is 0. The van der Waals surface area contributed by atoms with Crippen LogP contribution < -0.4 is 5.73 Å². The van der Waals surface area contributed by atoms with Crippen molar-refractivity contribution in [3.63, 3.8) is 0 Å². The van der Waals surface area contributed by atoms with Gasteiger partial charge in [0.15, 0.2) is 0 Å². The normalized spacial score (nSPS) is 11.5. The van der Waals surface area contributed by atoms with E-state index < -0.39 is 11.7 Å². The van der Waals surface area contributed by atoms with Crippen LogP contribution in [0, 0.1) is 5.41 Å². The molecule has 0 fully saturated rings. The van der Waals surface area contributed by atoms with Gasteiger partial charge in [0.25, 0.3) is 0 Å². The van der Waals surface area contributed by atoms with Gasteiger partial charge >= 0.3 is 6.18 Å². The molecule has 15 heavy (non-hydrogen) atoms. The first-order valence-electron chi connectivity index (χ1n) is 3.98. The first-order valence-corrected chi connectivity index (χ1v) is 4.78. The van der Waals surface area contributed by atoms with E-state index in [1.165, 1.54) is 6.07 Å². The van der Waals surface area contributed by atoms with Gasteiger partial charge in [0.2, 0.25) is 0 Å². The van der Waals surface area contributed by atoms with Gasteiger partial charge in [0.1, 0.15) is 0 Å². The Kier molecular flexibility index (Phi) is 3.38. The smallest absolute Gasteiger partial charge is 0.387 e. The fourth-order valence-electron chi connectivity index (χ4n) is 1.14. The second-order valence-corrected chi connectivity index (χ2v) is 3.96. The Morgan fingerprint density at radius 2 is 1.93 bits per heavy atom. The maximum Gasteiger partial charge on any atom is 0.416 e. The van der Waals surface area contributed by atoms with Crippen molar-refractivity contribution in [2.75, 3.05) is 0 Å². The Morgan fingerprint density at radius 3 is 2.40 bits per heavy atom. The van der Waals surface area contributed by atoms with Crippen LogP contribution in [-0.2, 0) is 12.6 Å². The molecule has 0 aliphatic carbocycles. The van der Waals surface area contributed by atoms with Crippen LogP contribution in [0.25, 0.3) is 0 Å². The lowest BCUT2D eigenvalue weighted by Crippen LogP contribution is -2.13. The molecule has 0 unspecified atom stereocenters. The quantitative estimate of drug-likeness (QED) is 0.635. The molecule has 3 N–H and O–H groups in total. The summed E-state index contributed by atoms with van der Waals surface area (Å²) >= 11 is 2.98. The zero-order valence-corrected chi connectivity index (χ0v) is 9.11. The third kappa shape index (κ3) is 3.54. The molecule has 0 spiro atoms. The maximum atomic E-state index is 12.4. The monoisotopic (exact) mass is 280 g/mol. The highest BCUT2D eigenvalue weighted by atomic mass is 79.9. The summed E-state index contributed by atoms with van der Waals surface area (Å²) in [5.74, 6) is -0.166. The Bertz CT molecular complexity index is 387. The van der Waals surface area contributed by atoms with Crippen molar-refractivity contribution in [3.8, 4) is 0 Å². The summed E-state index contributed by atoms with van der Waals surface area (Å²) in [5, 5.41) is 7.01. The number of nitrogens with one attached hydrogen (secondary N) is 1. The standard InChI is InChI=1S/C9H8BrF3N2/c10-7-2-5(3-8(14)15)1-6(4-7)9(11,12)13/h1-2,4H,3H2,(H3,14,15). The Labute approximate surface area is 92.9 Å². The van der Waals surface area contributed by atoms with Crippen LogP contribution in [0.4, 0.5) is 13.2 Å². The van der Waals surface area contributed by atoms with E-state index in [9.17, 15) is 13.2 Å². The van der Waals surface area contributed by atoms with Gasteiger partial charge < -0.3 is 5.73 Å². The van der Waals surface area contributed by atoms with Crippen LogP contribution in [-0.4, -0.2) is 5.84 Å². The van der Waals surface area contributed by atoms with E-state index in [1.54, 1.807) is 0 Å². The van der Waals surface area contributed by atoms with Crippen molar-refractivity contribution in [2.45, 2.75) is 12.6 Å². The minimum Gasteiger partial charge on any atom is -0.387 e. The molecule has 0 aromatic heterocycles. The van der Waals surface area contributed by atoms with Gasteiger partial charge in [-0.15, -0.1) is 0 Å². The van der Waals surface area contributed by atoms with Gasteiger partial charge in [-0.25, -0.2) is 0 Å². The van der Waals surface area contributed by atoms with Crippen LogP contribution >= 0.6 is 15.9 Å². The average Bonchev–Trinajstić information content (AvgIpc) is 1.99. The lowest BCUT2D eigenvalue weighted by molar-refractivity contribution is -0.137. The number of nitrogens with two attached hydrogens (primary N) is 1. The molecule has 6 heteroatoms. The Hall–Kier alpha value is -1.04. The molecular formula is C9H8BrF3N2. The number of alkyl halides is 3. The lowest BCUT2D eigenvalue weighted by atomic mass is 10.1. The van der Waals surface area contributed by atoms with Gasteiger partial charge in [-0.05, 0) is 23.8 Å². The molecule has 0 amide bonds. The van der Waals surface area contributed by atoms with Gasteiger partial charge in [-0.3, -0.25) is 5.41 Å². The van der Waals surface area contributed by atoms with E-state index >= 15 is 0 Å². The second kappa shape index (κ2) is 4.22. The van der Waals surface area contributed by atoms with E-state index in [0.717, 1.165) is 12.1 Å². The summed E-state index contributed by atoms with van der Waals surface area (Å²) in [6, 6.07) is 3.49. The fourth-order valence-corrected chi connectivity index (χ4v) is 1.68. The minimum atomic E-state index is -4.38. The van der Waals surface area contributed by atoms with Crippen LogP contribution in [0.3, 0.4) is 0 Å². The Morgan fingerprint density at radius 1 is 1.33 bits per heavy atom. The first kappa shape index (κ1) is 12.0. The van der Waals surface area contributed by atoms with Crippen LogP contribution in [0.1, 0.15) is 11.1 Å². The number of halogens is 4. The molecule has 0 saturated carbocycles. The molecular weight excluding hydrogens is 273 g/mol. The van der Waals surface area contributed by atoms with Crippen molar-refractivity contribution >= 4 is 21.8 Å². The molecule has 0 aliphatic heterocycles. The fraction of sp³-hybridized carbons (Fsp3) is 0.222. The lowest BCUT2D eigenvalue weighted by Gasteiger charge is -2.09. The Balaban J connectivity index is 3.11. The van der Waals surface area contributed by atoms with Crippen molar-refractivity contribution in [1.82, 2.24) is 0 Å². The molecule has 0 radical (unpaired) electrons. The highest BCUT2D eigenvalue weighted by molar-refractivity contribution is 9.10. The molecule has 0 atom stereocenters. The third-order valence-electron chi connectivity index (χ3n) is 1.68. The largest absolute Gasteiger partial charge is 0.416 e. The number of amidine groups is 1. The van der Waals surface area contributed by atoms with Crippen molar-refractivity contribution in [2.24, 2.45) is 5.73 Å². The summed E-state index contributed by atoms with van der Waals surface area (Å²) in [6.45, 7) is 0. The summed E-state index contributed by atoms with van der Waals surface area (Å²) in [7, 11) is 0. The zero-order valence-electron chi connectivity index (χ0n) is 7.53. The van der Waals surface area contributed by atoms with Crippen molar-refractivity contribution < 1.29 is 13.2 Å². The molecule has 1 aromatic carbocycles. The summed E-state index contributed by atoms with van der Waals surface area (Å²) in [5.41, 5.74) is 4.74. The van der Waals surface area contributed by atoms with Crippen molar-refractivity contribution in [3.05, 3.63) is 33.8 Å². The first-order chi connectivity index (χ1) is 6.79. The molecule has 0 aliphatic rings. The van der Waals surface area contributed by atoms with Gasteiger partial charge in [-0.2, -0.15) is 13.2 Å². The summed E-state index contributed by atoms with van der Waals surface area (Å²) < 4.78 is 37.5. The SMILES string of the molecule is N=C(N)Cc1cc(Br)cc(C(F)(F)F)c1. The predicted octanol–water partition coefficient (Wildman–Crippen LogP) is 2.95. The molecule has 0 heterocycles. The van der Waals surface area contributed by atoms with E-state index in [0.29, 0.717) is 10.0 Å². The number of rotatable bonds is 2. The molecule has 1 aromatic rings. The van der Waals surface area contributed by atoms with E-state index in [-0.39, 0.29) is 12.3 Å². The third-order valence-corrected chi connectivity index (χ3v) is 2.14. The second-order valence-electron chi connectivity index (χ2n) is 3.05. The highest BCUT2D eigenvalue weighted by Gasteiger charge is 2.30. The van der Waals surface area contributed by atoms with E-state index in [1.807, 2.05) is 0 Å². The van der Waals surface area contributed by atoms with Crippen LogP contribution in [0.15, 0.2) is 22.7 Å². The number of hydrogen-bond donors (Lipinski definition) is 2. The molecule has 82 valence electrons. The topological polar surface area (TPSA) is 49.9 Å². The van der Waals surface area contributed by atoms with E-state index in [4.69, 9.17) is 11.1 Å². The summed E-state index contributed by atoms with van der Waals surface area (Å²) in [6.07, 6.45) is -4.36. The predicted molar refractivity (Wildman–Crippen MR) is 54.8 cm³/mol. The zero-order chi connectivity index (χ0) is 11.6. The molecule has 2 nitrogen and oxygen atoms in total.